The van der Waals surface area contributed by atoms with Crippen LogP contribution >= 0.6 is 11.6 Å². The number of hydrogen-bond donors (Lipinski definition) is 4. The van der Waals surface area contributed by atoms with Gasteiger partial charge in [-0.3, -0.25) is 29.4 Å². The summed E-state index contributed by atoms with van der Waals surface area (Å²) in [5.41, 5.74) is 0.710. The molecule has 13 heteroatoms. The van der Waals surface area contributed by atoms with Crippen LogP contribution in [0.1, 0.15) is 18.4 Å². The van der Waals surface area contributed by atoms with E-state index in [9.17, 15) is 32.3 Å². The lowest BCUT2D eigenvalue weighted by Crippen LogP contribution is -2.54. The molecule has 4 rings (SSSR count). The third kappa shape index (κ3) is 6.02. The number of imide groups is 2. The highest BCUT2D eigenvalue weighted by Crippen LogP contribution is 2.35. The number of alkyl halides is 3. The Morgan fingerprint density at radius 1 is 0.973 bits per heavy atom. The van der Waals surface area contributed by atoms with Crippen molar-refractivity contribution in [2.45, 2.75) is 25.1 Å². The van der Waals surface area contributed by atoms with Crippen LogP contribution in [0.4, 0.5) is 30.2 Å². The number of benzene rings is 2. The molecule has 2 aliphatic heterocycles. The fourth-order valence-corrected chi connectivity index (χ4v) is 4.22. The molecule has 194 valence electrons. The molecule has 0 spiro atoms. The third-order valence-corrected chi connectivity index (χ3v) is 5.99. The van der Waals surface area contributed by atoms with Crippen LogP contribution in [-0.2, 0) is 25.4 Å². The second-order valence-electron chi connectivity index (χ2n) is 8.29. The maximum absolute atomic E-state index is 12.8. The molecule has 2 aromatic rings. The fourth-order valence-electron chi connectivity index (χ4n) is 3.93. The van der Waals surface area contributed by atoms with Crippen molar-refractivity contribution in [1.82, 2.24) is 10.2 Å². The minimum absolute atomic E-state index is 0.00676. The van der Waals surface area contributed by atoms with E-state index in [1.165, 1.54) is 12.1 Å². The Hall–Kier alpha value is -4.06. The molecular weight excluding hydrogens is 515 g/mol. The molecule has 4 amide bonds. The topological polar surface area (TPSA) is 120 Å². The van der Waals surface area contributed by atoms with Crippen molar-refractivity contribution >= 4 is 52.3 Å². The van der Waals surface area contributed by atoms with Crippen LogP contribution in [0.3, 0.4) is 0 Å². The van der Waals surface area contributed by atoms with Gasteiger partial charge in [-0.2, -0.15) is 13.2 Å². The second-order valence-corrected chi connectivity index (χ2v) is 8.70. The summed E-state index contributed by atoms with van der Waals surface area (Å²) in [4.78, 5) is 49.5. The normalized spacial score (nSPS) is 18.0. The molecule has 1 saturated heterocycles. The summed E-state index contributed by atoms with van der Waals surface area (Å²) in [6, 6.07) is 9.24. The van der Waals surface area contributed by atoms with E-state index in [0.29, 0.717) is 30.2 Å². The standard InChI is InChI=1S/C24H21ClF3N5O4/c25-17-11-14(4-5-16(17)24(26,27)28)30-9-8-29-13-2-1-3-15(10-13)31-18-12-21(35)33(23(18)37)19-6-7-20(34)32-22(19)36/h1-5,10-12,19,29-31H,6-9H2,(H,32,34,36). The molecule has 0 aromatic heterocycles. The van der Waals surface area contributed by atoms with Crippen LogP contribution in [-0.4, -0.2) is 47.7 Å². The first-order valence-corrected chi connectivity index (χ1v) is 11.6. The minimum Gasteiger partial charge on any atom is -0.383 e. The maximum Gasteiger partial charge on any atom is 0.417 e. The zero-order valence-electron chi connectivity index (χ0n) is 19.1. The summed E-state index contributed by atoms with van der Waals surface area (Å²) in [7, 11) is 0. The van der Waals surface area contributed by atoms with Crippen LogP contribution in [0.15, 0.2) is 54.2 Å². The van der Waals surface area contributed by atoms with Crippen molar-refractivity contribution in [2.24, 2.45) is 0 Å². The number of nitrogens with one attached hydrogen (secondary N) is 4. The van der Waals surface area contributed by atoms with Gasteiger partial charge in [0.25, 0.3) is 11.8 Å². The summed E-state index contributed by atoms with van der Waals surface area (Å²) < 4.78 is 38.5. The van der Waals surface area contributed by atoms with Crippen molar-refractivity contribution in [3.05, 3.63) is 64.8 Å². The van der Waals surface area contributed by atoms with Gasteiger partial charge in [0.05, 0.1) is 10.6 Å². The quantitative estimate of drug-likeness (QED) is 0.302. The Balaban J connectivity index is 1.31. The minimum atomic E-state index is -4.52. The van der Waals surface area contributed by atoms with Gasteiger partial charge < -0.3 is 16.0 Å². The van der Waals surface area contributed by atoms with Gasteiger partial charge in [0.15, 0.2) is 0 Å². The predicted molar refractivity (Wildman–Crippen MR) is 130 cm³/mol. The molecule has 0 radical (unpaired) electrons. The molecule has 1 atom stereocenters. The van der Waals surface area contributed by atoms with Crippen molar-refractivity contribution in [1.29, 1.82) is 0 Å². The molecule has 0 saturated carbocycles. The van der Waals surface area contributed by atoms with Gasteiger partial charge in [-0.1, -0.05) is 17.7 Å². The Kier molecular flexibility index (Phi) is 7.39. The van der Waals surface area contributed by atoms with Gasteiger partial charge in [-0.15, -0.1) is 0 Å². The maximum atomic E-state index is 12.8. The average Bonchev–Trinajstić information content (AvgIpc) is 3.09. The van der Waals surface area contributed by atoms with Gasteiger partial charge in [0, 0.05) is 42.6 Å². The summed E-state index contributed by atoms with van der Waals surface area (Å²) in [5.74, 6) is -2.46. The van der Waals surface area contributed by atoms with E-state index < -0.39 is 46.4 Å². The highest BCUT2D eigenvalue weighted by molar-refractivity contribution is 6.31. The number of carbonyl (C=O) groups is 4. The van der Waals surface area contributed by atoms with E-state index in [2.05, 4.69) is 21.3 Å². The van der Waals surface area contributed by atoms with E-state index in [1.807, 2.05) is 0 Å². The first-order valence-electron chi connectivity index (χ1n) is 11.2. The van der Waals surface area contributed by atoms with Crippen molar-refractivity contribution in [3.8, 4) is 0 Å². The van der Waals surface area contributed by atoms with E-state index in [1.54, 1.807) is 24.3 Å². The van der Waals surface area contributed by atoms with Crippen LogP contribution in [0, 0.1) is 0 Å². The number of halogens is 4. The predicted octanol–water partition coefficient (Wildman–Crippen LogP) is 3.35. The molecule has 37 heavy (non-hydrogen) atoms. The van der Waals surface area contributed by atoms with Crippen molar-refractivity contribution < 1.29 is 32.3 Å². The highest BCUT2D eigenvalue weighted by Gasteiger charge is 2.42. The first kappa shape index (κ1) is 26.0. The molecule has 0 bridgehead atoms. The molecule has 0 aliphatic carbocycles. The largest absolute Gasteiger partial charge is 0.417 e. The van der Waals surface area contributed by atoms with Gasteiger partial charge in [-0.25, -0.2) is 0 Å². The molecule has 2 heterocycles. The van der Waals surface area contributed by atoms with Crippen LogP contribution < -0.4 is 21.3 Å². The van der Waals surface area contributed by atoms with E-state index in [-0.39, 0.29) is 18.5 Å². The lowest BCUT2D eigenvalue weighted by Gasteiger charge is -2.28. The molecule has 1 fully saturated rings. The van der Waals surface area contributed by atoms with E-state index in [0.717, 1.165) is 17.0 Å². The van der Waals surface area contributed by atoms with E-state index >= 15 is 0 Å². The monoisotopic (exact) mass is 535 g/mol. The number of rotatable bonds is 8. The Morgan fingerprint density at radius 3 is 2.30 bits per heavy atom. The zero-order valence-corrected chi connectivity index (χ0v) is 19.9. The lowest BCUT2D eigenvalue weighted by molar-refractivity contribution is -0.149. The Morgan fingerprint density at radius 2 is 1.65 bits per heavy atom. The van der Waals surface area contributed by atoms with Crippen LogP contribution in [0.25, 0.3) is 0 Å². The van der Waals surface area contributed by atoms with E-state index in [4.69, 9.17) is 11.6 Å². The number of amides is 4. The summed E-state index contributed by atoms with van der Waals surface area (Å²) in [5, 5.41) is 10.7. The zero-order chi connectivity index (χ0) is 26.7. The summed E-state index contributed by atoms with van der Waals surface area (Å²) in [6.45, 7) is 0.782. The summed E-state index contributed by atoms with van der Waals surface area (Å²) in [6.07, 6.45) is -3.32. The van der Waals surface area contributed by atoms with Gasteiger partial charge >= 0.3 is 6.18 Å². The number of hydrogen-bond acceptors (Lipinski definition) is 7. The Bertz CT molecular complexity index is 1300. The lowest BCUT2D eigenvalue weighted by atomic mass is 10.0. The SMILES string of the molecule is O=C1CCC(N2C(=O)C=C(Nc3cccc(NCCNc4ccc(C(F)(F)F)c(Cl)c4)c3)C2=O)C(=O)N1. The summed E-state index contributed by atoms with van der Waals surface area (Å²) >= 11 is 5.73. The molecule has 9 nitrogen and oxygen atoms in total. The molecule has 4 N–H and O–H groups in total. The third-order valence-electron chi connectivity index (χ3n) is 5.68. The first-order chi connectivity index (χ1) is 17.5. The average molecular weight is 536 g/mol. The second kappa shape index (κ2) is 10.5. The van der Waals surface area contributed by atoms with Crippen LogP contribution in [0.5, 0.6) is 0 Å². The van der Waals surface area contributed by atoms with Gasteiger partial charge in [0.1, 0.15) is 11.7 Å². The van der Waals surface area contributed by atoms with Gasteiger partial charge in [0.2, 0.25) is 11.8 Å². The Labute approximate surface area is 214 Å². The molecule has 2 aliphatic rings. The number of nitrogens with zero attached hydrogens (tertiary/aromatic N) is 1. The molecular formula is C24H21ClF3N5O4. The van der Waals surface area contributed by atoms with Crippen molar-refractivity contribution in [3.63, 3.8) is 0 Å². The fraction of sp³-hybridized carbons (Fsp3) is 0.250. The van der Waals surface area contributed by atoms with Crippen LogP contribution in [0.2, 0.25) is 5.02 Å². The smallest absolute Gasteiger partial charge is 0.383 e. The molecule has 2 aromatic carbocycles. The number of anilines is 3. The highest BCUT2D eigenvalue weighted by atomic mass is 35.5. The van der Waals surface area contributed by atoms with Crippen molar-refractivity contribution in [2.75, 3.05) is 29.0 Å². The molecule has 1 unspecified atom stereocenters. The van der Waals surface area contributed by atoms with Gasteiger partial charge in [-0.05, 0) is 42.8 Å². The number of piperidine rings is 1. The number of carbonyl (C=O) groups excluding carboxylic acids is 4.